The van der Waals surface area contributed by atoms with Gasteiger partial charge in [-0.15, -0.1) is 0 Å². The van der Waals surface area contributed by atoms with Gasteiger partial charge in [0.25, 0.3) is 5.91 Å². The molecule has 2 heterocycles. The molecule has 0 bridgehead atoms. The molecule has 3 amide bonds. The molecule has 4 rings (SSSR count). The SMILES string of the molecule is C[C@@H](/C=C/CC(=O)N(CCO)Cc1ccccc1)[C@]1(O)C(=O)N(C)c2ccc(N3CCCCC3=O)cc21. The van der Waals surface area contributed by atoms with Crippen molar-refractivity contribution in [1.82, 2.24) is 4.90 Å². The predicted octanol–water partition coefficient (Wildman–Crippen LogP) is 2.97. The predicted molar refractivity (Wildman–Crippen MR) is 142 cm³/mol. The summed E-state index contributed by atoms with van der Waals surface area (Å²) in [4.78, 5) is 43.3. The summed E-state index contributed by atoms with van der Waals surface area (Å²) in [6, 6.07) is 14.9. The average molecular weight is 506 g/mol. The maximum Gasteiger partial charge on any atom is 0.264 e. The van der Waals surface area contributed by atoms with Gasteiger partial charge in [0.15, 0.2) is 5.60 Å². The molecule has 0 unspecified atom stereocenters. The molecule has 8 nitrogen and oxygen atoms in total. The van der Waals surface area contributed by atoms with Crippen LogP contribution in [0.2, 0.25) is 0 Å². The standard InChI is InChI=1S/C29H35N3O5/c1-21(9-8-13-26(34)31(17-18-33)20-22-10-4-3-5-11-22)29(37)24-19-23(32-16-7-6-12-27(32)35)14-15-25(24)30(2)28(29)36/h3-5,8-11,14-15,19,21,33,37H,6-7,12-13,16-18,20H2,1-2H3/b9-8+/t21-,29+/m0/s1. The van der Waals surface area contributed by atoms with E-state index in [2.05, 4.69) is 0 Å². The molecular weight excluding hydrogens is 470 g/mol. The molecule has 2 N–H and O–H groups in total. The number of carbonyl (C=O) groups excluding carboxylic acids is 3. The number of rotatable bonds is 9. The van der Waals surface area contributed by atoms with Crippen LogP contribution in [0.4, 0.5) is 11.4 Å². The van der Waals surface area contributed by atoms with E-state index in [1.807, 2.05) is 36.4 Å². The number of fused-ring (bicyclic) bond motifs is 1. The van der Waals surface area contributed by atoms with Gasteiger partial charge < -0.3 is 24.9 Å². The summed E-state index contributed by atoms with van der Waals surface area (Å²) in [5.41, 5.74) is 0.902. The van der Waals surface area contributed by atoms with Gasteiger partial charge in [0, 0.05) is 56.7 Å². The van der Waals surface area contributed by atoms with E-state index in [1.165, 1.54) is 4.90 Å². The highest BCUT2D eigenvalue weighted by atomic mass is 16.3. The molecule has 8 heteroatoms. The highest BCUT2D eigenvalue weighted by Crippen LogP contribution is 2.46. The molecule has 0 aromatic heterocycles. The van der Waals surface area contributed by atoms with Gasteiger partial charge in [-0.2, -0.15) is 0 Å². The number of likely N-dealkylation sites (N-methyl/N-ethyl adjacent to an activating group) is 1. The number of hydrogen-bond donors (Lipinski definition) is 2. The molecule has 2 aliphatic rings. The molecule has 2 aromatic rings. The van der Waals surface area contributed by atoms with E-state index in [9.17, 15) is 24.6 Å². The molecule has 0 radical (unpaired) electrons. The number of carbonyl (C=O) groups is 3. The van der Waals surface area contributed by atoms with E-state index >= 15 is 0 Å². The zero-order valence-corrected chi connectivity index (χ0v) is 21.5. The van der Waals surface area contributed by atoms with Crippen molar-refractivity contribution in [2.24, 2.45) is 5.92 Å². The summed E-state index contributed by atoms with van der Waals surface area (Å²) in [6.07, 6.45) is 5.71. The van der Waals surface area contributed by atoms with Crippen LogP contribution < -0.4 is 9.80 Å². The lowest BCUT2D eigenvalue weighted by Gasteiger charge is -2.30. The maximum absolute atomic E-state index is 13.2. The van der Waals surface area contributed by atoms with Gasteiger partial charge >= 0.3 is 0 Å². The van der Waals surface area contributed by atoms with Crippen LogP contribution in [-0.2, 0) is 26.5 Å². The number of hydrogen-bond acceptors (Lipinski definition) is 5. The number of anilines is 2. The zero-order chi connectivity index (χ0) is 26.6. The summed E-state index contributed by atoms with van der Waals surface area (Å²) < 4.78 is 0. The first-order valence-corrected chi connectivity index (χ1v) is 12.8. The van der Waals surface area contributed by atoms with Crippen molar-refractivity contribution in [2.75, 3.05) is 36.5 Å². The molecule has 1 fully saturated rings. The third kappa shape index (κ3) is 5.31. The Hall–Kier alpha value is -3.49. The Bertz CT molecular complexity index is 1180. The largest absolute Gasteiger partial charge is 0.395 e. The summed E-state index contributed by atoms with van der Waals surface area (Å²) in [5.74, 6) is -1.18. The van der Waals surface area contributed by atoms with Crippen LogP contribution in [0.3, 0.4) is 0 Å². The summed E-state index contributed by atoms with van der Waals surface area (Å²) in [6.45, 7) is 2.83. The Morgan fingerprint density at radius 2 is 1.92 bits per heavy atom. The smallest absolute Gasteiger partial charge is 0.264 e. The van der Waals surface area contributed by atoms with Crippen molar-refractivity contribution in [3.05, 3.63) is 71.8 Å². The Kier molecular flexibility index (Phi) is 8.10. The van der Waals surface area contributed by atoms with E-state index in [1.54, 1.807) is 48.1 Å². The van der Waals surface area contributed by atoms with Gasteiger partial charge in [-0.25, -0.2) is 0 Å². The van der Waals surface area contributed by atoms with Crippen LogP contribution in [0.15, 0.2) is 60.7 Å². The molecule has 37 heavy (non-hydrogen) atoms. The fourth-order valence-electron chi connectivity index (χ4n) is 5.15. The van der Waals surface area contributed by atoms with Gasteiger partial charge in [-0.3, -0.25) is 14.4 Å². The van der Waals surface area contributed by atoms with Crippen molar-refractivity contribution in [3.8, 4) is 0 Å². The lowest BCUT2D eigenvalue weighted by molar-refractivity contribution is -0.139. The fraction of sp³-hybridized carbons (Fsp3) is 0.414. The van der Waals surface area contributed by atoms with E-state index in [-0.39, 0.29) is 31.4 Å². The molecule has 2 aromatic carbocycles. The molecule has 2 atom stereocenters. The number of amides is 3. The molecule has 196 valence electrons. The summed E-state index contributed by atoms with van der Waals surface area (Å²) >= 11 is 0. The van der Waals surface area contributed by atoms with Crippen LogP contribution >= 0.6 is 0 Å². The monoisotopic (exact) mass is 505 g/mol. The zero-order valence-electron chi connectivity index (χ0n) is 21.5. The quantitative estimate of drug-likeness (QED) is 0.511. The maximum atomic E-state index is 13.2. The lowest BCUT2D eigenvalue weighted by Crippen LogP contribution is -2.43. The Balaban J connectivity index is 1.51. The number of benzene rings is 2. The molecule has 0 aliphatic carbocycles. The van der Waals surface area contributed by atoms with Crippen LogP contribution in [-0.4, -0.2) is 59.6 Å². The Labute approximate surface area is 217 Å². The van der Waals surface area contributed by atoms with Gasteiger partial charge in [-0.1, -0.05) is 49.4 Å². The Morgan fingerprint density at radius 1 is 1.16 bits per heavy atom. The summed E-state index contributed by atoms with van der Waals surface area (Å²) in [5, 5.41) is 21.1. The minimum Gasteiger partial charge on any atom is -0.395 e. The van der Waals surface area contributed by atoms with Crippen LogP contribution in [0.1, 0.15) is 43.7 Å². The third-order valence-corrected chi connectivity index (χ3v) is 7.33. The van der Waals surface area contributed by atoms with Crippen molar-refractivity contribution < 1.29 is 24.6 Å². The summed E-state index contributed by atoms with van der Waals surface area (Å²) in [7, 11) is 1.63. The van der Waals surface area contributed by atoms with Crippen LogP contribution in [0, 0.1) is 5.92 Å². The number of piperidine rings is 1. The van der Waals surface area contributed by atoms with Crippen molar-refractivity contribution in [2.45, 2.75) is 44.8 Å². The van der Waals surface area contributed by atoms with Gasteiger partial charge in [0.2, 0.25) is 11.8 Å². The first kappa shape index (κ1) is 26.6. The van der Waals surface area contributed by atoms with Crippen molar-refractivity contribution in [3.63, 3.8) is 0 Å². The second-order valence-electron chi connectivity index (χ2n) is 9.78. The van der Waals surface area contributed by atoms with Gasteiger partial charge in [-0.05, 0) is 36.6 Å². The lowest BCUT2D eigenvalue weighted by atomic mass is 9.82. The first-order valence-electron chi connectivity index (χ1n) is 12.8. The molecule has 0 saturated carbocycles. The van der Waals surface area contributed by atoms with Gasteiger partial charge in [0.05, 0.1) is 12.3 Å². The Morgan fingerprint density at radius 3 is 2.62 bits per heavy atom. The molecule has 1 saturated heterocycles. The minimum absolute atomic E-state index is 0.0433. The number of aliphatic hydroxyl groups is 2. The highest BCUT2D eigenvalue weighted by Gasteiger charge is 2.51. The van der Waals surface area contributed by atoms with E-state index in [0.29, 0.717) is 36.4 Å². The molecule has 0 spiro atoms. The van der Waals surface area contributed by atoms with E-state index in [0.717, 1.165) is 18.4 Å². The van der Waals surface area contributed by atoms with Gasteiger partial charge in [0.1, 0.15) is 0 Å². The third-order valence-electron chi connectivity index (χ3n) is 7.33. The highest BCUT2D eigenvalue weighted by molar-refractivity contribution is 6.07. The van der Waals surface area contributed by atoms with Crippen molar-refractivity contribution in [1.29, 1.82) is 0 Å². The van der Waals surface area contributed by atoms with E-state index in [4.69, 9.17) is 0 Å². The number of nitrogens with zero attached hydrogens (tertiary/aromatic N) is 3. The van der Waals surface area contributed by atoms with Crippen LogP contribution in [0.25, 0.3) is 0 Å². The molecule has 2 aliphatic heterocycles. The average Bonchev–Trinajstić information content (AvgIpc) is 3.10. The minimum atomic E-state index is -1.81. The fourth-order valence-corrected chi connectivity index (χ4v) is 5.15. The number of aliphatic hydroxyl groups excluding tert-OH is 1. The second kappa shape index (κ2) is 11.3. The second-order valence-corrected chi connectivity index (χ2v) is 9.78. The normalized spacial score (nSPS) is 20.4. The van der Waals surface area contributed by atoms with Crippen LogP contribution in [0.5, 0.6) is 0 Å². The topological polar surface area (TPSA) is 101 Å². The van der Waals surface area contributed by atoms with Crippen molar-refractivity contribution >= 4 is 29.1 Å². The molecular formula is C29H35N3O5. The first-order chi connectivity index (χ1) is 17.8. The van der Waals surface area contributed by atoms with E-state index < -0.39 is 17.4 Å².